The largest absolute Gasteiger partial charge is 0.370 e. The quantitative estimate of drug-likeness (QED) is 0.792. The van der Waals surface area contributed by atoms with E-state index in [-0.39, 0.29) is 5.60 Å². The molecule has 0 amide bonds. The molecule has 3 nitrogen and oxygen atoms in total. The van der Waals surface area contributed by atoms with Crippen molar-refractivity contribution in [2.24, 2.45) is 5.92 Å². The number of aromatic nitrogens is 2. The Morgan fingerprint density at radius 2 is 2.00 bits per heavy atom. The summed E-state index contributed by atoms with van der Waals surface area (Å²) in [6.07, 6.45) is 2.74. The van der Waals surface area contributed by atoms with Gasteiger partial charge in [-0.25, -0.2) is 4.98 Å². The molecule has 0 atom stereocenters. The third-order valence-corrected chi connectivity index (χ3v) is 3.60. The first-order chi connectivity index (χ1) is 8.47. The minimum absolute atomic E-state index is 0.347. The van der Waals surface area contributed by atoms with Crippen molar-refractivity contribution < 1.29 is 4.74 Å². The van der Waals surface area contributed by atoms with Crippen LogP contribution in [0.15, 0.2) is 6.07 Å². The molecule has 4 heteroatoms. The van der Waals surface area contributed by atoms with E-state index in [9.17, 15) is 0 Å². The van der Waals surface area contributed by atoms with Crippen LogP contribution in [0.2, 0.25) is 0 Å². The summed E-state index contributed by atoms with van der Waals surface area (Å²) in [5, 5.41) is 0. The lowest BCUT2D eigenvalue weighted by Crippen LogP contribution is -2.30. The molecule has 0 saturated heterocycles. The van der Waals surface area contributed by atoms with Crippen LogP contribution in [0.5, 0.6) is 0 Å². The third-order valence-electron chi connectivity index (χ3n) is 3.39. The van der Waals surface area contributed by atoms with Crippen molar-refractivity contribution in [1.82, 2.24) is 9.97 Å². The molecule has 0 spiro atoms. The van der Waals surface area contributed by atoms with Crippen LogP contribution in [0, 0.1) is 10.6 Å². The number of methoxy groups -OCH3 is 1. The third kappa shape index (κ3) is 3.39. The van der Waals surface area contributed by atoms with E-state index in [4.69, 9.17) is 17.0 Å². The summed E-state index contributed by atoms with van der Waals surface area (Å²) in [5.74, 6) is 1.45. The van der Waals surface area contributed by atoms with E-state index in [0.717, 1.165) is 30.8 Å². The molecule has 102 valence electrons. The first kappa shape index (κ1) is 15.3. The Labute approximate surface area is 115 Å². The van der Waals surface area contributed by atoms with Crippen molar-refractivity contribution >= 4 is 12.2 Å². The minimum atomic E-state index is -0.347. The molecule has 1 N–H and O–H groups in total. The van der Waals surface area contributed by atoms with Gasteiger partial charge < -0.3 is 9.72 Å². The molecule has 0 aromatic carbocycles. The highest BCUT2D eigenvalue weighted by Crippen LogP contribution is 2.29. The number of hydrogen-bond donors (Lipinski definition) is 1. The van der Waals surface area contributed by atoms with Crippen molar-refractivity contribution in [2.75, 3.05) is 7.11 Å². The van der Waals surface area contributed by atoms with Crippen molar-refractivity contribution in [1.29, 1.82) is 0 Å². The zero-order chi connectivity index (χ0) is 13.8. The fourth-order valence-electron chi connectivity index (χ4n) is 2.24. The second-order valence-electron chi connectivity index (χ2n) is 5.10. The fourth-order valence-corrected chi connectivity index (χ4v) is 2.48. The zero-order valence-corrected chi connectivity index (χ0v) is 12.9. The van der Waals surface area contributed by atoms with Gasteiger partial charge in [0.05, 0.1) is 0 Å². The molecule has 0 aliphatic carbocycles. The summed E-state index contributed by atoms with van der Waals surface area (Å²) in [5.41, 5.74) is 0.795. The molecule has 0 bridgehead atoms. The van der Waals surface area contributed by atoms with Crippen LogP contribution in [0.3, 0.4) is 0 Å². The fraction of sp³-hybridized carbons (Fsp3) is 0.714. The van der Waals surface area contributed by atoms with Crippen LogP contribution >= 0.6 is 12.2 Å². The van der Waals surface area contributed by atoms with Gasteiger partial charge in [-0.15, -0.1) is 0 Å². The van der Waals surface area contributed by atoms with Crippen LogP contribution in [-0.2, 0) is 16.8 Å². The van der Waals surface area contributed by atoms with Crippen LogP contribution in [0.4, 0.5) is 0 Å². The molecular formula is C14H24N2OS. The highest BCUT2D eigenvalue weighted by molar-refractivity contribution is 7.71. The molecule has 1 aromatic rings. The van der Waals surface area contributed by atoms with Crippen molar-refractivity contribution in [3.05, 3.63) is 22.2 Å². The Morgan fingerprint density at radius 3 is 2.44 bits per heavy atom. The maximum absolute atomic E-state index is 5.70. The monoisotopic (exact) mass is 268 g/mol. The lowest BCUT2D eigenvalue weighted by Gasteiger charge is -2.29. The molecule has 0 fully saturated rings. The first-order valence-electron chi connectivity index (χ1n) is 6.63. The molecule has 0 aliphatic rings. The molecule has 0 radical (unpaired) electrons. The summed E-state index contributed by atoms with van der Waals surface area (Å²) in [7, 11) is 1.74. The van der Waals surface area contributed by atoms with E-state index in [1.165, 1.54) is 0 Å². The normalized spacial score (nSPS) is 12.1. The number of aromatic amines is 1. The number of ether oxygens (including phenoxy) is 1. The van der Waals surface area contributed by atoms with Gasteiger partial charge in [-0.2, -0.15) is 0 Å². The standard InChI is InChI=1S/C14H24N2OS/c1-6-14(7-2,17-5)13-15-11(8-10(3)4)9-12(18)16-13/h9-10H,6-8H2,1-5H3,(H,15,16,18). The van der Waals surface area contributed by atoms with E-state index in [2.05, 4.69) is 37.7 Å². The van der Waals surface area contributed by atoms with E-state index < -0.39 is 0 Å². The summed E-state index contributed by atoms with van der Waals surface area (Å²) < 4.78 is 6.34. The van der Waals surface area contributed by atoms with Gasteiger partial charge in [0.15, 0.2) is 0 Å². The Hall–Kier alpha value is -0.740. The van der Waals surface area contributed by atoms with Gasteiger partial charge >= 0.3 is 0 Å². The maximum atomic E-state index is 5.70. The van der Waals surface area contributed by atoms with Crippen LogP contribution in [0.1, 0.15) is 52.1 Å². The van der Waals surface area contributed by atoms with Gasteiger partial charge in [0.1, 0.15) is 16.1 Å². The molecular weight excluding hydrogens is 244 g/mol. The molecule has 18 heavy (non-hydrogen) atoms. The average Bonchev–Trinajstić information content (AvgIpc) is 2.30. The predicted molar refractivity (Wildman–Crippen MR) is 77.2 cm³/mol. The Bertz CT molecular complexity index is 427. The number of H-pyrrole nitrogens is 1. The van der Waals surface area contributed by atoms with Crippen molar-refractivity contribution in [3.8, 4) is 0 Å². The van der Waals surface area contributed by atoms with Gasteiger partial charge in [-0.05, 0) is 31.2 Å². The maximum Gasteiger partial charge on any atom is 0.140 e. The molecule has 1 rings (SSSR count). The van der Waals surface area contributed by atoms with E-state index >= 15 is 0 Å². The van der Waals surface area contributed by atoms with Crippen LogP contribution < -0.4 is 0 Å². The highest BCUT2D eigenvalue weighted by atomic mass is 32.1. The summed E-state index contributed by atoms with van der Waals surface area (Å²) in [4.78, 5) is 7.87. The van der Waals surface area contributed by atoms with Crippen LogP contribution in [-0.4, -0.2) is 17.1 Å². The average molecular weight is 268 g/mol. The van der Waals surface area contributed by atoms with Gasteiger partial charge in [0.2, 0.25) is 0 Å². The van der Waals surface area contributed by atoms with Gasteiger partial charge in [-0.3, -0.25) is 0 Å². The van der Waals surface area contributed by atoms with Gasteiger partial charge in [0, 0.05) is 12.8 Å². The van der Waals surface area contributed by atoms with E-state index in [1.807, 2.05) is 6.07 Å². The Kier molecular flexibility index (Phi) is 5.47. The van der Waals surface area contributed by atoms with Crippen molar-refractivity contribution in [2.45, 2.75) is 52.6 Å². The lowest BCUT2D eigenvalue weighted by molar-refractivity contribution is -0.0294. The summed E-state index contributed by atoms with van der Waals surface area (Å²) in [6.45, 7) is 8.61. The Morgan fingerprint density at radius 1 is 1.39 bits per heavy atom. The smallest absolute Gasteiger partial charge is 0.140 e. The van der Waals surface area contributed by atoms with Gasteiger partial charge in [0.25, 0.3) is 0 Å². The van der Waals surface area contributed by atoms with Crippen molar-refractivity contribution in [3.63, 3.8) is 0 Å². The Balaban J connectivity index is 3.23. The number of nitrogens with zero attached hydrogens (tertiary/aromatic N) is 1. The van der Waals surface area contributed by atoms with Gasteiger partial charge in [-0.1, -0.05) is 39.9 Å². The molecule has 0 saturated carbocycles. The zero-order valence-electron chi connectivity index (χ0n) is 12.0. The summed E-state index contributed by atoms with van der Waals surface area (Å²) in [6, 6.07) is 1.95. The van der Waals surface area contributed by atoms with E-state index in [0.29, 0.717) is 10.6 Å². The van der Waals surface area contributed by atoms with Crippen LogP contribution in [0.25, 0.3) is 0 Å². The summed E-state index contributed by atoms with van der Waals surface area (Å²) >= 11 is 5.27. The molecule has 0 unspecified atom stereocenters. The van der Waals surface area contributed by atoms with E-state index in [1.54, 1.807) is 7.11 Å². The second kappa shape index (κ2) is 6.43. The highest BCUT2D eigenvalue weighted by Gasteiger charge is 2.30. The minimum Gasteiger partial charge on any atom is -0.370 e. The second-order valence-corrected chi connectivity index (χ2v) is 5.51. The number of hydrogen-bond acceptors (Lipinski definition) is 3. The number of rotatable bonds is 6. The molecule has 0 aliphatic heterocycles. The number of nitrogens with one attached hydrogen (secondary N) is 1. The lowest BCUT2D eigenvalue weighted by atomic mass is 9.95. The first-order valence-corrected chi connectivity index (χ1v) is 7.04. The topological polar surface area (TPSA) is 37.9 Å². The SMILES string of the molecule is CCC(CC)(OC)c1nc(=S)cc(CC(C)C)[nH]1. The molecule has 1 aromatic heterocycles. The molecule has 1 heterocycles. The predicted octanol–water partition coefficient (Wildman–Crippen LogP) is 4.00.